The van der Waals surface area contributed by atoms with Gasteiger partial charge in [0.15, 0.2) is 0 Å². The number of hydrogen-bond donors (Lipinski definition) is 2. The number of aromatic amines is 1. The number of carbonyl (C=O) groups is 1. The molecule has 0 aromatic carbocycles. The standard InChI is InChI=1S/C10H13NO3/c12-9(13)10(2-5-14-6-3-10)8-1-4-11-7-8/h1,4,7,11H,2-3,5-6H2,(H,12,13). The van der Waals surface area contributed by atoms with Crippen molar-refractivity contribution in [3.63, 3.8) is 0 Å². The highest BCUT2D eigenvalue weighted by Crippen LogP contribution is 2.34. The number of carboxylic acid groups (broad SMARTS) is 1. The van der Waals surface area contributed by atoms with E-state index in [0.29, 0.717) is 26.1 Å². The first-order valence-corrected chi connectivity index (χ1v) is 4.70. The van der Waals surface area contributed by atoms with Crippen LogP contribution in [-0.2, 0) is 14.9 Å². The van der Waals surface area contributed by atoms with Crippen LogP contribution in [0.2, 0.25) is 0 Å². The molecule has 1 fully saturated rings. The van der Waals surface area contributed by atoms with Gasteiger partial charge in [-0.1, -0.05) is 0 Å². The molecule has 2 N–H and O–H groups in total. The minimum atomic E-state index is -0.750. The Kier molecular flexibility index (Phi) is 2.29. The van der Waals surface area contributed by atoms with Gasteiger partial charge in [0.2, 0.25) is 0 Å². The first-order valence-electron chi connectivity index (χ1n) is 4.70. The zero-order chi connectivity index (χ0) is 10.0. The van der Waals surface area contributed by atoms with E-state index in [1.54, 1.807) is 12.4 Å². The Hall–Kier alpha value is -1.29. The highest BCUT2D eigenvalue weighted by Gasteiger charge is 2.42. The molecule has 0 bridgehead atoms. The van der Waals surface area contributed by atoms with Crippen molar-refractivity contribution in [3.05, 3.63) is 24.0 Å². The monoisotopic (exact) mass is 195 g/mol. The Balaban J connectivity index is 2.35. The summed E-state index contributed by atoms with van der Waals surface area (Å²) in [6.07, 6.45) is 4.63. The molecule has 0 amide bonds. The maximum atomic E-state index is 11.3. The average Bonchev–Trinajstić information content (AvgIpc) is 2.72. The third-order valence-electron chi connectivity index (χ3n) is 2.91. The summed E-state index contributed by atoms with van der Waals surface area (Å²) in [6, 6.07) is 1.83. The van der Waals surface area contributed by atoms with Crippen LogP contribution in [0.25, 0.3) is 0 Å². The largest absolute Gasteiger partial charge is 0.481 e. The number of rotatable bonds is 2. The molecule has 0 spiro atoms. The fourth-order valence-corrected chi connectivity index (χ4v) is 1.97. The van der Waals surface area contributed by atoms with E-state index in [4.69, 9.17) is 4.74 Å². The Morgan fingerprint density at radius 2 is 2.21 bits per heavy atom. The number of H-pyrrole nitrogens is 1. The molecule has 1 saturated heterocycles. The molecule has 0 atom stereocenters. The van der Waals surface area contributed by atoms with Gasteiger partial charge in [-0.15, -0.1) is 0 Å². The SMILES string of the molecule is O=C(O)C1(c2cc[nH]c2)CCOCC1. The number of aliphatic carboxylic acids is 1. The molecule has 0 unspecified atom stereocenters. The van der Waals surface area contributed by atoms with Crippen LogP contribution in [-0.4, -0.2) is 29.3 Å². The maximum absolute atomic E-state index is 11.3. The quantitative estimate of drug-likeness (QED) is 0.744. The van der Waals surface area contributed by atoms with Crippen molar-refractivity contribution in [2.45, 2.75) is 18.3 Å². The third-order valence-corrected chi connectivity index (χ3v) is 2.91. The molecule has 1 aliphatic heterocycles. The van der Waals surface area contributed by atoms with Crippen LogP contribution >= 0.6 is 0 Å². The number of carboxylic acids is 1. The van der Waals surface area contributed by atoms with Crippen molar-refractivity contribution in [1.82, 2.24) is 4.98 Å². The molecular formula is C10H13NO3. The summed E-state index contributed by atoms with van der Waals surface area (Å²) in [5.74, 6) is -0.750. The average molecular weight is 195 g/mol. The van der Waals surface area contributed by atoms with E-state index in [0.717, 1.165) is 5.56 Å². The van der Waals surface area contributed by atoms with Crippen LogP contribution in [0.4, 0.5) is 0 Å². The third kappa shape index (κ3) is 1.32. The first kappa shape index (κ1) is 9.27. The molecule has 1 aromatic heterocycles. The minimum Gasteiger partial charge on any atom is -0.481 e. The van der Waals surface area contributed by atoms with Crippen LogP contribution in [0, 0.1) is 0 Å². The number of ether oxygens (including phenoxy) is 1. The van der Waals surface area contributed by atoms with Gasteiger partial charge < -0.3 is 14.8 Å². The van der Waals surface area contributed by atoms with E-state index in [1.807, 2.05) is 6.07 Å². The Morgan fingerprint density at radius 3 is 2.71 bits per heavy atom. The summed E-state index contributed by atoms with van der Waals surface area (Å²) >= 11 is 0. The molecule has 1 aliphatic rings. The van der Waals surface area contributed by atoms with Gasteiger partial charge >= 0.3 is 5.97 Å². The van der Waals surface area contributed by atoms with Crippen LogP contribution in [0.3, 0.4) is 0 Å². The zero-order valence-corrected chi connectivity index (χ0v) is 7.82. The molecular weight excluding hydrogens is 182 g/mol. The summed E-state index contributed by atoms with van der Waals surface area (Å²) < 4.78 is 5.20. The van der Waals surface area contributed by atoms with Crippen LogP contribution in [0.5, 0.6) is 0 Å². The van der Waals surface area contributed by atoms with E-state index in [1.165, 1.54) is 0 Å². The fraction of sp³-hybridized carbons (Fsp3) is 0.500. The van der Waals surface area contributed by atoms with E-state index in [9.17, 15) is 9.90 Å². The lowest BCUT2D eigenvalue weighted by Crippen LogP contribution is -2.41. The Bertz CT molecular complexity index is 312. The van der Waals surface area contributed by atoms with Gasteiger partial charge in [-0.3, -0.25) is 4.79 Å². The highest BCUT2D eigenvalue weighted by atomic mass is 16.5. The Morgan fingerprint density at radius 1 is 1.50 bits per heavy atom. The number of nitrogens with one attached hydrogen (secondary N) is 1. The normalized spacial score (nSPS) is 20.6. The van der Waals surface area contributed by atoms with Crippen LogP contribution in [0.15, 0.2) is 18.5 Å². The second kappa shape index (κ2) is 3.46. The highest BCUT2D eigenvalue weighted by molar-refractivity contribution is 5.81. The lowest BCUT2D eigenvalue weighted by molar-refractivity contribution is -0.147. The molecule has 14 heavy (non-hydrogen) atoms. The van der Waals surface area contributed by atoms with E-state index in [2.05, 4.69) is 4.98 Å². The van der Waals surface area contributed by atoms with E-state index < -0.39 is 11.4 Å². The summed E-state index contributed by atoms with van der Waals surface area (Å²) in [6.45, 7) is 1.05. The van der Waals surface area contributed by atoms with Crippen molar-refractivity contribution in [1.29, 1.82) is 0 Å². The van der Waals surface area contributed by atoms with Crippen LogP contribution < -0.4 is 0 Å². The number of aromatic nitrogens is 1. The topological polar surface area (TPSA) is 62.3 Å². The van der Waals surface area contributed by atoms with E-state index >= 15 is 0 Å². The summed E-state index contributed by atoms with van der Waals surface area (Å²) in [5.41, 5.74) is 0.117. The van der Waals surface area contributed by atoms with Gasteiger partial charge in [-0.05, 0) is 24.5 Å². The minimum absolute atomic E-state index is 0.525. The number of hydrogen-bond acceptors (Lipinski definition) is 2. The fourth-order valence-electron chi connectivity index (χ4n) is 1.97. The lowest BCUT2D eigenvalue weighted by atomic mass is 9.75. The molecule has 2 heterocycles. The lowest BCUT2D eigenvalue weighted by Gasteiger charge is -2.32. The smallest absolute Gasteiger partial charge is 0.314 e. The summed E-state index contributed by atoms with van der Waals surface area (Å²) in [4.78, 5) is 14.2. The van der Waals surface area contributed by atoms with Gasteiger partial charge in [-0.25, -0.2) is 0 Å². The van der Waals surface area contributed by atoms with Gasteiger partial charge in [0.1, 0.15) is 0 Å². The Labute approximate surface area is 81.9 Å². The molecule has 4 nitrogen and oxygen atoms in total. The van der Waals surface area contributed by atoms with Gasteiger partial charge in [0.25, 0.3) is 0 Å². The summed E-state index contributed by atoms with van der Waals surface area (Å²) in [5, 5.41) is 9.29. The van der Waals surface area contributed by atoms with E-state index in [-0.39, 0.29) is 0 Å². The second-order valence-electron chi connectivity index (χ2n) is 3.60. The van der Waals surface area contributed by atoms with Gasteiger partial charge in [0.05, 0.1) is 5.41 Å². The first-order chi connectivity index (χ1) is 6.76. The molecule has 76 valence electrons. The van der Waals surface area contributed by atoms with Gasteiger partial charge in [0, 0.05) is 25.6 Å². The molecule has 4 heteroatoms. The molecule has 2 rings (SSSR count). The van der Waals surface area contributed by atoms with Gasteiger partial charge in [-0.2, -0.15) is 0 Å². The zero-order valence-electron chi connectivity index (χ0n) is 7.82. The van der Waals surface area contributed by atoms with Crippen molar-refractivity contribution in [3.8, 4) is 0 Å². The maximum Gasteiger partial charge on any atom is 0.314 e. The molecule has 0 saturated carbocycles. The second-order valence-corrected chi connectivity index (χ2v) is 3.60. The molecule has 1 aromatic rings. The summed E-state index contributed by atoms with van der Waals surface area (Å²) in [7, 11) is 0. The predicted molar refractivity (Wildman–Crippen MR) is 50.2 cm³/mol. The molecule has 0 aliphatic carbocycles. The molecule has 0 radical (unpaired) electrons. The van der Waals surface area contributed by atoms with Crippen LogP contribution in [0.1, 0.15) is 18.4 Å². The van der Waals surface area contributed by atoms with Crippen molar-refractivity contribution in [2.75, 3.05) is 13.2 Å². The van der Waals surface area contributed by atoms with Crippen molar-refractivity contribution < 1.29 is 14.6 Å². The van der Waals surface area contributed by atoms with Crippen molar-refractivity contribution in [2.24, 2.45) is 0 Å². The van der Waals surface area contributed by atoms with Crippen molar-refractivity contribution >= 4 is 5.97 Å². The predicted octanol–water partition coefficient (Wildman–Crippen LogP) is 1.15.